The first-order valence-corrected chi connectivity index (χ1v) is 17.5. The second-order valence-corrected chi connectivity index (χ2v) is 14.9. The number of likely N-dealkylation sites (N-methyl/N-ethyl adjacent to an activating group) is 1. The SMILES string of the molecule is Cc1cc2cc(C)c1C(F)(F)COC(=O)Nc1ccc(S(=O)(=O)C3CC3)c(c1)CN(C)C(=O)[C@@H]2Nc1ccc2c(N)nccc2c1.O=C(O)C(F)(F)F. The monoisotopic (exact) mass is 763 g/mol. The summed E-state index contributed by atoms with van der Waals surface area (Å²) in [5.41, 5.74) is 7.54. The normalized spacial score (nSPS) is 17.7. The fourth-order valence-electron chi connectivity index (χ4n) is 6.04. The summed E-state index contributed by atoms with van der Waals surface area (Å²) in [6.07, 6.45) is -3.56. The van der Waals surface area contributed by atoms with Gasteiger partial charge in [-0.2, -0.15) is 22.0 Å². The van der Waals surface area contributed by atoms with Gasteiger partial charge in [0.15, 0.2) is 16.4 Å². The van der Waals surface area contributed by atoms with Crippen LogP contribution in [0.1, 0.15) is 46.7 Å². The zero-order chi connectivity index (χ0) is 39.0. The number of alkyl halides is 5. The lowest BCUT2D eigenvalue weighted by atomic mass is 9.91. The number of nitrogen functional groups attached to an aromatic ring is 1. The third-order valence-electron chi connectivity index (χ3n) is 8.59. The van der Waals surface area contributed by atoms with Crippen molar-refractivity contribution in [1.82, 2.24) is 9.88 Å². The molecule has 5 N–H and O–H groups in total. The van der Waals surface area contributed by atoms with Crippen molar-refractivity contribution in [3.8, 4) is 0 Å². The average Bonchev–Trinajstić information content (AvgIpc) is 3.92. The number of aromatic nitrogens is 1. The van der Waals surface area contributed by atoms with E-state index >= 15 is 8.78 Å². The number of sulfone groups is 1. The second kappa shape index (κ2) is 14.5. The molecule has 1 aliphatic carbocycles. The largest absolute Gasteiger partial charge is 0.490 e. The van der Waals surface area contributed by atoms with Crippen molar-refractivity contribution >= 4 is 55.8 Å². The smallest absolute Gasteiger partial charge is 0.475 e. The predicted octanol–water partition coefficient (Wildman–Crippen LogP) is 6.47. The molecule has 2 amide bonds. The quantitative estimate of drug-likeness (QED) is 0.168. The summed E-state index contributed by atoms with van der Waals surface area (Å²) in [4.78, 5) is 41.3. The molecular formula is C35H34F5N5O7S. The second-order valence-electron chi connectivity index (χ2n) is 12.7. The number of anilines is 3. The van der Waals surface area contributed by atoms with Crippen molar-refractivity contribution in [2.45, 2.75) is 61.5 Å². The molecule has 1 aromatic heterocycles. The maximum absolute atomic E-state index is 15.5. The number of rotatable bonds is 4. The van der Waals surface area contributed by atoms with Crippen LogP contribution < -0.4 is 16.4 Å². The fraction of sp³-hybridized carbons (Fsp3) is 0.314. The van der Waals surface area contributed by atoms with Gasteiger partial charge in [-0.05, 0) is 96.8 Å². The van der Waals surface area contributed by atoms with Crippen LogP contribution in [0, 0.1) is 13.8 Å². The van der Waals surface area contributed by atoms with E-state index in [2.05, 4.69) is 15.6 Å². The Kier molecular flexibility index (Phi) is 10.6. The predicted molar refractivity (Wildman–Crippen MR) is 184 cm³/mol. The van der Waals surface area contributed by atoms with E-state index in [9.17, 15) is 31.2 Å². The highest BCUT2D eigenvalue weighted by Gasteiger charge is 2.40. The minimum atomic E-state index is -5.08. The fourth-order valence-corrected chi connectivity index (χ4v) is 7.90. The van der Waals surface area contributed by atoms with Gasteiger partial charge in [-0.25, -0.2) is 23.0 Å². The van der Waals surface area contributed by atoms with Crippen molar-refractivity contribution < 1.29 is 54.6 Å². The molecular weight excluding hydrogens is 729 g/mol. The minimum Gasteiger partial charge on any atom is -0.475 e. The van der Waals surface area contributed by atoms with Crippen LogP contribution in [0.2, 0.25) is 0 Å². The van der Waals surface area contributed by atoms with Crippen LogP contribution in [0.4, 0.5) is 43.9 Å². The number of benzene rings is 3. The Morgan fingerprint density at radius 3 is 2.30 bits per heavy atom. The summed E-state index contributed by atoms with van der Waals surface area (Å²) >= 11 is 0. The number of hydrogen-bond donors (Lipinski definition) is 4. The summed E-state index contributed by atoms with van der Waals surface area (Å²) in [5, 5.41) is 13.8. The number of carbonyl (C=O) groups is 3. The van der Waals surface area contributed by atoms with E-state index in [0.717, 1.165) is 10.8 Å². The van der Waals surface area contributed by atoms with E-state index < -0.39 is 57.8 Å². The van der Waals surface area contributed by atoms with Crippen molar-refractivity contribution in [2.75, 3.05) is 30.0 Å². The topological polar surface area (TPSA) is 181 Å². The van der Waals surface area contributed by atoms with E-state index in [0.29, 0.717) is 29.9 Å². The Balaban J connectivity index is 0.000000705. The van der Waals surface area contributed by atoms with Gasteiger partial charge < -0.3 is 25.8 Å². The van der Waals surface area contributed by atoms with E-state index in [-0.39, 0.29) is 39.4 Å². The molecule has 3 aromatic carbocycles. The molecule has 4 aromatic rings. The molecule has 282 valence electrons. The lowest BCUT2D eigenvalue weighted by molar-refractivity contribution is -0.192. The van der Waals surface area contributed by atoms with Crippen LogP contribution in [0.25, 0.3) is 10.8 Å². The minimum absolute atomic E-state index is 0.0440. The summed E-state index contributed by atoms with van der Waals surface area (Å²) < 4.78 is 94.4. The summed E-state index contributed by atoms with van der Waals surface area (Å²) in [6, 6.07) is 13.3. The van der Waals surface area contributed by atoms with Gasteiger partial charge in [0.25, 0.3) is 0 Å². The molecule has 0 radical (unpaired) electrons. The van der Waals surface area contributed by atoms with Gasteiger partial charge in [-0.3, -0.25) is 10.1 Å². The zero-order valence-electron chi connectivity index (χ0n) is 28.4. The Bertz CT molecular complexity index is 2190. The zero-order valence-corrected chi connectivity index (χ0v) is 29.2. The summed E-state index contributed by atoms with van der Waals surface area (Å²) in [6.45, 7) is 1.69. The number of carbonyl (C=O) groups excluding carboxylic acids is 2. The maximum atomic E-state index is 15.5. The van der Waals surface area contributed by atoms with Crippen LogP contribution in [-0.4, -0.2) is 66.5 Å². The number of amides is 2. The molecule has 7 rings (SSSR count). The number of nitrogens with one attached hydrogen (secondary N) is 2. The van der Waals surface area contributed by atoms with E-state index in [1.165, 1.54) is 56.1 Å². The Morgan fingerprint density at radius 1 is 1.06 bits per heavy atom. The van der Waals surface area contributed by atoms with Crippen LogP contribution in [0.5, 0.6) is 0 Å². The van der Waals surface area contributed by atoms with E-state index in [4.69, 9.17) is 20.4 Å². The number of nitrogens with two attached hydrogens (primary N) is 1. The molecule has 3 aliphatic rings. The third-order valence-corrected chi connectivity index (χ3v) is 11.0. The Hall–Kier alpha value is -5.52. The third kappa shape index (κ3) is 8.59. The number of fused-ring (bicyclic) bond motifs is 10. The van der Waals surface area contributed by atoms with Crippen molar-refractivity contribution in [3.63, 3.8) is 0 Å². The lowest BCUT2D eigenvalue weighted by Gasteiger charge is -2.29. The number of carboxylic acid groups (broad SMARTS) is 1. The van der Waals surface area contributed by atoms with Gasteiger partial charge in [-0.15, -0.1) is 0 Å². The van der Waals surface area contributed by atoms with Gasteiger partial charge in [0.05, 0.1) is 10.1 Å². The van der Waals surface area contributed by atoms with E-state index in [1.807, 2.05) is 6.07 Å². The molecule has 2 aliphatic heterocycles. The molecule has 1 fully saturated rings. The van der Waals surface area contributed by atoms with Gasteiger partial charge in [0.2, 0.25) is 5.91 Å². The standard InChI is InChI=1S/C33H33F2N5O5S.C2HF3O2/c1-18-12-21-13-19(2)28(18)33(34,35)17-45-32(42)39-24-5-9-27(46(43,44)25-6-7-25)22(15-24)16-40(3)31(41)29(21)38-23-4-8-26-20(14-23)10-11-37-30(26)36;3-2(4,5)1(6)7/h4-5,8-15,25,29,38H,6-7,16-17H2,1-3H3,(H2,36,37)(H,39,42);(H,6,7)/t29-;/m1./s1. The molecule has 12 nitrogen and oxygen atoms in total. The molecule has 1 saturated carbocycles. The van der Waals surface area contributed by atoms with Gasteiger partial charge >= 0.3 is 24.2 Å². The van der Waals surface area contributed by atoms with Crippen LogP contribution in [0.15, 0.2) is 65.7 Å². The van der Waals surface area contributed by atoms with Crippen LogP contribution in [-0.2, 0) is 36.6 Å². The summed E-state index contributed by atoms with van der Waals surface area (Å²) in [5.74, 6) is -6.38. The van der Waals surface area contributed by atoms with Gasteiger partial charge in [0.1, 0.15) is 11.9 Å². The van der Waals surface area contributed by atoms with Gasteiger partial charge in [0, 0.05) is 42.1 Å². The molecule has 53 heavy (non-hydrogen) atoms. The average molecular weight is 764 g/mol. The van der Waals surface area contributed by atoms with Crippen LogP contribution >= 0.6 is 0 Å². The number of carboxylic acids is 1. The number of ether oxygens (including phenoxy) is 1. The molecule has 3 heterocycles. The first-order valence-electron chi connectivity index (χ1n) is 15.9. The van der Waals surface area contributed by atoms with Crippen molar-refractivity contribution in [1.29, 1.82) is 0 Å². The first-order chi connectivity index (χ1) is 24.7. The number of aliphatic carboxylic acids is 1. The molecule has 1 atom stereocenters. The maximum Gasteiger partial charge on any atom is 0.490 e. The molecule has 0 saturated heterocycles. The first kappa shape index (κ1) is 38.7. The number of hydrogen-bond acceptors (Lipinski definition) is 9. The molecule has 4 bridgehead atoms. The number of pyridine rings is 1. The number of aryl methyl sites for hydroxylation is 2. The molecule has 0 unspecified atom stereocenters. The highest BCUT2D eigenvalue weighted by atomic mass is 32.2. The summed E-state index contributed by atoms with van der Waals surface area (Å²) in [7, 11) is -2.16. The van der Waals surface area contributed by atoms with Crippen LogP contribution in [0.3, 0.4) is 0 Å². The number of nitrogens with zero attached hydrogens (tertiary/aromatic N) is 2. The highest BCUT2D eigenvalue weighted by molar-refractivity contribution is 7.92. The lowest BCUT2D eigenvalue weighted by Crippen LogP contribution is -2.36. The van der Waals surface area contributed by atoms with Crippen molar-refractivity contribution in [2.24, 2.45) is 0 Å². The van der Waals surface area contributed by atoms with Gasteiger partial charge in [-0.1, -0.05) is 12.1 Å². The molecule has 18 heteroatoms. The number of halogens is 5. The molecule has 0 spiro atoms. The Morgan fingerprint density at radius 2 is 1.70 bits per heavy atom. The van der Waals surface area contributed by atoms with Crippen molar-refractivity contribution in [3.05, 3.63) is 88.6 Å². The highest BCUT2D eigenvalue weighted by Crippen LogP contribution is 2.38. The van der Waals surface area contributed by atoms with E-state index in [1.54, 1.807) is 24.4 Å². The Labute approximate surface area is 300 Å².